The highest BCUT2D eigenvalue weighted by Crippen LogP contribution is 2.39. The Labute approximate surface area is 152 Å². The Morgan fingerprint density at radius 1 is 1.12 bits per heavy atom. The molecule has 0 spiro atoms. The molecule has 0 aromatic heterocycles. The lowest BCUT2D eigenvalue weighted by Gasteiger charge is -2.39. The highest BCUT2D eigenvalue weighted by Gasteiger charge is 2.39. The molecule has 5 nitrogen and oxygen atoms in total. The van der Waals surface area contributed by atoms with Crippen molar-refractivity contribution in [2.24, 2.45) is 0 Å². The number of amides is 1. The third kappa shape index (κ3) is 7.08. The molecule has 0 aliphatic carbocycles. The molecule has 1 rings (SSSR count). The van der Waals surface area contributed by atoms with Crippen LogP contribution in [-0.4, -0.2) is 31.7 Å². The van der Waals surface area contributed by atoms with Gasteiger partial charge in [0.1, 0.15) is 11.4 Å². The number of alkyl carbamates (subject to hydrolysis) is 1. The summed E-state index contributed by atoms with van der Waals surface area (Å²) < 4.78 is 11.8. The van der Waals surface area contributed by atoms with E-state index in [1.54, 1.807) is 12.1 Å². The lowest BCUT2D eigenvalue weighted by atomic mass is 10.1. The van der Waals surface area contributed by atoms with E-state index in [1.165, 1.54) is 0 Å². The Morgan fingerprint density at radius 3 is 2.08 bits per heavy atom. The molecule has 0 fully saturated rings. The van der Waals surface area contributed by atoms with Gasteiger partial charge in [-0.15, -0.1) is 0 Å². The third-order valence-electron chi connectivity index (χ3n) is 4.34. The Kier molecular flexibility index (Phi) is 6.70. The van der Waals surface area contributed by atoms with Crippen molar-refractivity contribution in [2.75, 3.05) is 6.54 Å². The van der Waals surface area contributed by atoms with Crippen LogP contribution < -0.4 is 5.32 Å². The summed E-state index contributed by atoms with van der Waals surface area (Å²) in [6.07, 6.45) is -0.760. The summed E-state index contributed by atoms with van der Waals surface area (Å²) in [5, 5.41) is 12.4. The average molecular weight is 368 g/mol. The van der Waals surface area contributed by atoms with E-state index >= 15 is 0 Å². The van der Waals surface area contributed by atoms with Crippen LogP contribution in [0.15, 0.2) is 24.3 Å². The lowest BCUT2D eigenvalue weighted by molar-refractivity contribution is 0.0496. The molecule has 0 saturated carbocycles. The number of phenols is 1. The fraction of sp³-hybridized carbons (Fsp3) is 0.632. The van der Waals surface area contributed by atoms with Gasteiger partial charge in [-0.05, 0) is 56.6 Å². The lowest BCUT2D eigenvalue weighted by Crippen LogP contribution is -2.44. The minimum Gasteiger partial charge on any atom is -0.508 e. The second-order valence-corrected chi connectivity index (χ2v) is 13.6. The minimum absolute atomic E-state index is 0.0497. The van der Waals surface area contributed by atoms with Gasteiger partial charge in [0.25, 0.3) is 0 Å². The van der Waals surface area contributed by atoms with Gasteiger partial charge < -0.3 is 19.6 Å². The number of nitrogens with one attached hydrogen (secondary N) is 1. The van der Waals surface area contributed by atoms with E-state index in [2.05, 4.69) is 39.2 Å². The van der Waals surface area contributed by atoms with Crippen LogP contribution in [0.5, 0.6) is 5.75 Å². The Morgan fingerprint density at radius 2 is 1.64 bits per heavy atom. The van der Waals surface area contributed by atoms with E-state index in [-0.39, 0.29) is 16.9 Å². The van der Waals surface area contributed by atoms with Crippen LogP contribution in [0.1, 0.15) is 53.2 Å². The fourth-order valence-electron chi connectivity index (χ4n) is 1.94. The molecule has 0 saturated heterocycles. The van der Waals surface area contributed by atoms with Gasteiger partial charge in [0.05, 0.1) is 12.6 Å². The summed E-state index contributed by atoms with van der Waals surface area (Å²) in [6.45, 7) is 16.7. The van der Waals surface area contributed by atoms with Gasteiger partial charge in [-0.1, -0.05) is 32.9 Å². The van der Waals surface area contributed by atoms with Crippen molar-refractivity contribution in [3.05, 3.63) is 29.8 Å². The average Bonchev–Trinajstić information content (AvgIpc) is 2.41. The number of carbonyl (C=O) groups is 1. The van der Waals surface area contributed by atoms with Crippen LogP contribution in [0.4, 0.5) is 4.79 Å². The number of carbonyl (C=O) groups excluding carboxylic acids is 1. The largest absolute Gasteiger partial charge is 0.508 e. The SMILES string of the molecule is CC(C)(C)OC(=O)NC[C@@H](O[Si](C)(C)C(C)(C)C)c1ccc(O)cc1. The van der Waals surface area contributed by atoms with E-state index in [0.29, 0.717) is 6.54 Å². The number of phenolic OH excluding ortho intramolecular Hbond substituents is 1. The monoisotopic (exact) mass is 367 g/mol. The zero-order valence-electron chi connectivity index (χ0n) is 16.8. The van der Waals surface area contributed by atoms with Gasteiger partial charge in [0, 0.05) is 0 Å². The first-order valence-corrected chi connectivity index (χ1v) is 11.6. The van der Waals surface area contributed by atoms with Crippen molar-refractivity contribution < 1.29 is 19.1 Å². The summed E-state index contributed by atoms with van der Waals surface area (Å²) in [5.74, 6) is 0.204. The molecule has 0 aliphatic heterocycles. The molecule has 0 aliphatic rings. The first kappa shape index (κ1) is 21.5. The summed E-state index contributed by atoms with van der Waals surface area (Å²) in [5.41, 5.74) is 0.372. The second-order valence-electron chi connectivity index (χ2n) is 8.84. The highest BCUT2D eigenvalue weighted by molar-refractivity contribution is 6.74. The first-order valence-electron chi connectivity index (χ1n) is 8.65. The number of benzene rings is 1. The van der Waals surface area contributed by atoms with Gasteiger partial charge in [0.15, 0.2) is 8.32 Å². The summed E-state index contributed by atoms with van der Waals surface area (Å²) in [6, 6.07) is 6.91. The molecule has 0 heterocycles. The smallest absolute Gasteiger partial charge is 0.407 e. The maximum Gasteiger partial charge on any atom is 0.407 e. The van der Waals surface area contributed by atoms with Crippen molar-refractivity contribution in [1.82, 2.24) is 5.32 Å². The molecule has 1 aromatic rings. The fourth-order valence-corrected chi connectivity index (χ4v) is 3.22. The van der Waals surface area contributed by atoms with Gasteiger partial charge in [-0.2, -0.15) is 0 Å². The van der Waals surface area contributed by atoms with Crippen molar-refractivity contribution in [3.63, 3.8) is 0 Å². The third-order valence-corrected chi connectivity index (χ3v) is 8.82. The molecular formula is C19H33NO4Si. The van der Waals surface area contributed by atoms with Gasteiger partial charge in [0.2, 0.25) is 0 Å². The van der Waals surface area contributed by atoms with Gasteiger partial charge in [-0.25, -0.2) is 4.79 Å². The van der Waals surface area contributed by atoms with Crippen molar-refractivity contribution >= 4 is 14.4 Å². The number of ether oxygens (including phenoxy) is 1. The standard InChI is InChI=1S/C19H33NO4Si/c1-18(2,3)23-17(22)20-13-16(14-9-11-15(21)12-10-14)24-25(7,8)19(4,5)6/h9-12,16,21H,13H2,1-8H3,(H,20,22)/t16-/m1/s1. The Balaban J connectivity index is 2.93. The van der Waals surface area contributed by atoms with E-state index in [0.717, 1.165) is 5.56 Å². The van der Waals surface area contributed by atoms with Crippen molar-refractivity contribution in [2.45, 2.75) is 71.4 Å². The molecule has 6 heteroatoms. The zero-order valence-corrected chi connectivity index (χ0v) is 17.8. The highest BCUT2D eigenvalue weighted by atomic mass is 28.4. The predicted octanol–water partition coefficient (Wildman–Crippen LogP) is 4.98. The molecule has 1 atom stereocenters. The summed E-state index contributed by atoms with van der Waals surface area (Å²) in [7, 11) is -2.04. The molecule has 1 amide bonds. The molecule has 0 unspecified atom stereocenters. The molecule has 2 N–H and O–H groups in total. The molecule has 25 heavy (non-hydrogen) atoms. The van der Waals surface area contributed by atoms with E-state index in [9.17, 15) is 9.90 Å². The second kappa shape index (κ2) is 7.79. The number of hydrogen-bond acceptors (Lipinski definition) is 4. The quantitative estimate of drug-likeness (QED) is 0.720. The molecule has 142 valence electrons. The number of hydrogen-bond donors (Lipinski definition) is 2. The number of rotatable bonds is 5. The van der Waals surface area contributed by atoms with Crippen LogP contribution in [0.3, 0.4) is 0 Å². The summed E-state index contributed by atoms with van der Waals surface area (Å²) in [4.78, 5) is 12.0. The van der Waals surface area contributed by atoms with Gasteiger partial charge in [-0.3, -0.25) is 0 Å². The van der Waals surface area contributed by atoms with Gasteiger partial charge >= 0.3 is 6.09 Å². The summed E-state index contributed by atoms with van der Waals surface area (Å²) >= 11 is 0. The van der Waals surface area contributed by atoms with Crippen LogP contribution in [-0.2, 0) is 9.16 Å². The van der Waals surface area contributed by atoms with E-state index in [4.69, 9.17) is 9.16 Å². The maximum atomic E-state index is 12.0. The van der Waals surface area contributed by atoms with E-state index in [1.807, 2.05) is 32.9 Å². The van der Waals surface area contributed by atoms with Crippen LogP contribution in [0.25, 0.3) is 0 Å². The molecular weight excluding hydrogens is 334 g/mol. The first-order chi connectivity index (χ1) is 11.2. The van der Waals surface area contributed by atoms with Crippen LogP contribution in [0, 0.1) is 0 Å². The van der Waals surface area contributed by atoms with Crippen LogP contribution in [0.2, 0.25) is 18.1 Å². The minimum atomic E-state index is -2.04. The Bertz CT molecular complexity index is 571. The van der Waals surface area contributed by atoms with Crippen molar-refractivity contribution in [3.8, 4) is 5.75 Å². The molecule has 1 aromatic carbocycles. The zero-order chi connectivity index (χ0) is 19.5. The van der Waals surface area contributed by atoms with Crippen molar-refractivity contribution in [1.29, 1.82) is 0 Å². The normalized spacial score (nSPS) is 14.1. The van der Waals surface area contributed by atoms with Crippen LogP contribution >= 0.6 is 0 Å². The molecule has 0 bridgehead atoms. The molecule has 0 radical (unpaired) electrons. The topological polar surface area (TPSA) is 67.8 Å². The predicted molar refractivity (Wildman–Crippen MR) is 103 cm³/mol. The number of aromatic hydroxyl groups is 1. The van der Waals surface area contributed by atoms with E-state index < -0.39 is 20.0 Å². The Hall–Kier alpha value is -1.53. The maximum absolute atomic E-state index is 12.0.